The molecule has 4 nitrogen and oxygen atoms in total. The van der Waals surface area contributed by atoms with Crippen molar-refractivity contribution in [3.05, 3.63) is 16.0 Å². The summed E-state index contributed by atoms with van der Waals surface area (Å²) in [5.74, 6) is 0. The number of aromatic nitrogens is 2. The highest BCUT2D eigenvalue weighted by molar-refractivity contribution is 8.00. The predicted molar refractivity (Wildman–Crippen MR) is 85.0 cm³/mol. The number of rotatable bonds is 6. The van der Waals surface area contributed by atoms with Crippen molar-refractivity contribution < 1.29 is 4.74 Å². The Morgan fingerprint density at radius 1 is 1.60 bits per heavy atom. The van der Waals surface area contributed by atoms with Crippen LogP contribution >= 0.6 is 23.5 Å². The Hall–Kier alpha value is -0.460. The van der Waals surface area contributed by atoms with E-state index in [1.54, 1.807) is 35.2 Å². The highest BCUT2D eigenvalue weighted by Gasteiger charge is 2.26. The smallest absolute Gasteiger partial charge is 0.268 e. The van der Waals surface area contributed by atoms with Gasteiger partial charge in [-0.25, -0.2) is 4.98 Å². The van der Waals surface area contributed by atoms with Crippen LogP contribution in [0.5, 0.6) is 0 Å². The molecule has 0 saturated heterocycles. The Morgan fingerprint density at radius 3 is 3.00 bits per heavy atom. The van der Waals surface area contributed by atoms with Crippen LogP contribution < -0.4 is 5.56 Å². The summed E-state index contributed by atoms with van der Waals surface area (Å²) in [4.78, 5) is 18.2. The third-order valence-corrected chi connectivity index (χ3v) is 5.84. The first-order valence-corrected chi connectivity index (χ1v) is 8.78. The van der Waals surface area contributed by atoms with Gasteiger partial charge in [-0.05, 0) is 6.42 Å². The van der Waals surface area contributed by atoms with Gasteiger partial charge in [0.05, 0.1) is 23.7 Å². The first-order chi connectivity index (χ1) is 9.56. The average molecular weight is 314 g/mol. The molecule has 112 valence electrons. The molecule has 2 rings (SSSR count). The molecule has 0 aromatic carbocycles. The number of methoxy groups -OCH3 is 1. The van der Waals surface area contributed by atoms with Crippen LogP contribution in [0.15, 0.2) is 14.8 Å². The Kier molecular flexibility index (Phi) is 5.57. The van der Waals surface area contributed by atoms with E-state index in [1.165, 1.54) is 0 Å². The van der Waals surface area contributed by atoms with Crippen LogP contribution in [-0.2, 0) is 17.7 Å². The zero-order valence-corrected chi connectivity index (χ0v) is 14.1. The topological polar surface area (TPSA) is 44.1 Å². The second-order valence-electron chi connectivity index (χ2n) is 5.09. The second kappa shape index (κ2) is 7.00. The molecule has 1 aromatic heterocycles. The van der Waals surface area contributed by atoms with Gasteiger partial charge >= 0.3 is 0 Å². The minimum Gasteiger partial charge on any atom is -0.383 e. The quantitative estimate of drug-likeness (QED) is 0.597. The van der Waals surface area contributed by atoms with Crippen molar-refractivity contribution in [1.82, 2.24) is 9.55 Å². The minimum atomic E-state index is 0.104. The van der Waals surface area contributed by atoms with Gasteiger partial charge in [-0.15, -0.1) is 11.8 Å². The van der Waals surface area contributed by atoms with Gasteiger partial charge in [-0.1, -0.05) is 32.5 Å². The van der Waals surface area contributed by atoms with Crippen LogP contribution in [0.1, 0.15) is 32.9 Å². The van der Waals surface area contributed by atoms with Crippen molar-refractivity contribution in [1.29, 1.82) is 0 Å². The molecule has 20 heavy (non-hydrogen) atoms. The standard InChI is InChI=1S/C14H22N2O2S2/c1-5-9(2)20-14-15-11-8-10(3)19-12(11)13(17)16(14)6-7-18-4/h9-10H,5-8H2,1-4H3. The number of nitrogens with zero attached hydrogens (tertiary/aromatic N) is 2. The van der Waals surface area contributed by atoms with Crippen molar-refractivity contribution in [2.24, 2.45) is 0 Å². The van der Waals surface area contributed by atoms with Crippen molar-refractivity contribution in [2.45, 2.75) is 60.7 Å². The molecule has 0 amide bonds. The summed E-state index contributed by atoms with van der Waals surface area (Å²) in [7, 11) is 1.66. The number of hydrogen-bond donors (Lipinski definition) is 0. The van der Waals surface area contributed by atoms with Gasteiger partial charge in [0.15, 0.2) is 5.16 Å². The molecule has 0 saturated carbocycles. The lowest BCUT2D eigenvalue weighted by Gasteiger charge is -2.15. The van der Waals surface area contributed by atoms with Crippen LogP contribution in [-0.4, -0.2) is 33.8 Å². The van der Waals surface area contributed by atoms with Crippen LogP contribution in [0.2, 0.25) is 0 Å². The number of hydrogen-bond acceptors (Lipinski definition) is 5. The normalized spacial score (nSPS) is 19.1. The van der Waals surface area contributed by atoms with Gasteiger partial charge in [-0.2, -0.15) is 0 Å². The van der Waals surface area contributed by atoms with E-state index >= 15 is 0 Å². The molecule has 0 bridgehead atoms. The molecule has 0 fully saturated rings. The molecular weight excluding hydrogens is 292 g/mol. The summed E-state index contributed by atoms with van der Waals surface area (Å²) in [5.41, 5.74) is 1.08. The molecule has 1 aliphatic heterocycles. The average Bonchev–Trinajstić information content (AvgIpc) is 2.79. The SMILES string of the molecule is CCC(C)Sc1nc2c(c(=O)n1CCOC)SC(C)C2. The Labute approximate surface area is 128 Å². The number of fused-ring (bicyclic) bond motifs is 1. The van der Waals surface area contributed by atoms with Gasteiger partial charge in [0, 0.05) is 24.0 Å². The summed E-state index contributed by atoms with van der Waals surface area (Å²) < 4.78 is 6.91. The van der Waals surface area contributed by atoms with Crippen LogP contribution in [0, 0.1) is 0 Å². The molecular formula is C14H22N2O2S2. The molecule has 0 radical (unpaired) electrons. The highest BCUT2D eigenvalue weighted by atomic mass is 32.2. The fourth-order valence-corrected chi connectivity index (χ4v) is 4.17. The van der Waals surface area contributed by atoms with Crippen LogP contribution in [0.4, 0.5) is 0 Å². The second-order valence-corrected chi connectivity index (χ2v) is 7.94. The van der Waals surface area contributed by atoms with E-state index in [0.29, 0.717) is 23.7 Å². The summed E-state index contributed by atoms with van der Waals surface area (Å²) in [6, 6.07) is 0. The lowest BCUT2D eigenvalue weighted by atomic mass is 10.2. The Balaban J connectivity index is 2.40. The number of thioether (sulfide) groups is 2. The van der Waals surface area contributed by atoms with Crippen molar-refractivity contribution in [3.8, 4) is 0 Å². The van der Waals surface area contributed by atoms with Crippen molar-refractivity contribution in [3.63, 3.8) is 0 Å². The molecule has 2 heterocycles. The van der Waals surface area contributed by atoms with E-state index in [9.17, 15) is 4.79 Å². The third-order valence-electron chi connectivity index (χ3n) is 3.36. The lowest BCUT2D eigenvalue weighted by molar-refractivity contribution is 0.182. The molecule has 2 unspecified atom stereocenters. The van der Waals surface area contributed by atoms with Crippen molar-refractivity contribution in [2.75, 3.05) is 13.7 Å². The first-order valence-electron chi connectivity index (χ1n) is 7.02. The molecule has 0 N–H and O–H groups in total. The largest absolute Gasteiger partial charge is 0.383 e. The summed E-state index contributed by atoms with van der Waals surface area (Å²) >= 11 is 3.34. The van der Waals surface area contributed by atoms with Crippen molar-refractivity contribution >= 4 is 23.5 Å². The van der Waals surface area contributed by atoms with Gasteiger partial charge in [-0.3, -0.25) is 9.36 Å². The lowest BCUT2D eigenvalue weighted by Crippen LogP contribution is -2.27. The van der Waals surface area contributed by atoms with Gasteiger partial charge in [0.25, 0.3) is 5.56 Å². The predicted octanol–water partition coefficient (Wildman–Crippen LogP) is 2.82. The van der Waals surface area contributed by atoms with Crippen LogP contribution in [0.3, 0.4) is 0 Å². The Bertz CT molecular complexity index is 531. The maximum absolute atomic E-state index is 12.6. The fourth-order valence-electron chi connectivity index (χ4n) is 2.06. The van der Waals surface area contributed by atoms with E-state index in [1.807, 2.05) is 0 Å². The molecule has 1 aliphatic rings. The van der Waals surface area contributed by atoms with E-state index < -0.39 is 0 Å². The first kappa shape index (κ1) is 15.9. The maximum atomic E-state index is 12.6. The zero-order valence-electron chi connectivity index (χ0n) is 12.5. The molecule has 0 aliphatic carbocycles. The highest BCUT2D eigenvalue weighted by Crippen LogP contribution is 2.34. The fraction of sp³-hybridized carbons (Fsp3) is 0.714. The summed E-state index contributed by atoms with van der Waals surface area (Å²) in [5, 5.41) is 1.75. The van der Waals surface area contributed by atoms with E-state index in [0.717, 1.165) is 28.6 Å². The number of ether oxygens (including phenoxy) is 1. The van der Waals surface area contributed by atoms with Gasteiger partial charge in [0.1, 0.15) is 0 Å². The molecule has 1 aromatic rings. The van der Waals surface area contributed by atoms with E-state index in [2.05, 4.69) is 20.8 Å². The third kappa shape index (κ3) is 3.40. The molecule has 2 atom stereocenters. The van der Waals surface area contributed by atoms with Gasteiger partial charge in [0.2, 0.25) is 0 Å². The molecule has 0 spiro atoms. The molecule has 6 heteroatoms. The van der Waals surface area contributed by atoms with Crippen LogP contribution in [0.25, 0.3) is 0 Å². The minimum absolute atomic E-state index is 0.104. The Morgan fingerprint density at radius 2 is 2.35 bits per heavy atom. The summed E-state index contributed by atoms with van der Waals surface area (Å²) in [6.45, 7) is 7.58. The monoisotopic (exact) mass is 314 g/mol. The zero-order chi connectivity index (χ0) is 14.7. The van der Waals surface area contributed by atoms with Gasteiger partial charge < -0.3 is 4.74 Å². The maximum Gasteiger partial charge on any atom is 0.268 e. The van der Waals surface area contributed by atoms with E-state index in [4.69, 9.17) is 9.72 Å². The van der Waals surface area contributed by atoms with E-state index in [-0.39, 0.29) is 5.56 Å². The summed E-state index contributed by atoms with van der Waals surface area (Å²) in [6.07, 6.45) is 1.96.